The van der Waals surface area contributed by atoms with Gasteiger partial charge in [-0.1, -0.05) is 18.2 Å². The molecule has 9 nitrogen and oxygen atoms in total. The maximum Gasteiger partial charge on any atom is 0.332 e. The van der Waals surface area contributed by atoms with Crippen LogP contribution in [0.3, 0.4) is 0 Å². The first-order chi connectivity index (χ1) is 16.3. The Labute approximate surface area is 193 Å². The van der Waals surface area contributed by atoms with Crippen LogP contribution >= 0.6 is 0 Å². The second kappa shape index (κ2) is 7.80. The van der Waals surface area contributed by atoms with Crippen molar-refractivity contribution >= 4 is 27.9 Å². The van der Waals surface area contributed by atoms with Crippen LogP contribution in [0, 0.1) is 6.92 Å². The molecular formula is C25H21N5O4. The molecule has 0 saturated heterocycles. The van der Waals surface area contributed by atoms with E-state index in [9.17, 15) is 14.4 Å². The van der Waals surface area contributed by atoms with Gasteiger partial charge in [0.05, 0.1) is 34.8 Å². The third kappa shape index (κ3) is 3.05. The molecule has 0 amide bonds. The lowest BCUT2D eigenvalue weighted by Crippen LogP contribution is -2.38. The first-order valence-electron chi connectivity index (χ1n) is 10.6. The van der Waals surface area contributed by atoms with Crippen molar-refractivity contribution in [1.29, 1.82) is 0 Å². The largest absolute Gasteiger partial charge is 0.497 e. The Bertz CT molecular complexity index is 1710. The number of carbonyl (C=O) groups excluding carboxylic acids is 1. The number of hydrogen-bond acceptors (Lipinski definition) is 6. The summed E-state index contributed by atoms with van der Waals surface area (Å²) in [6.45, 7) is 1.77. The van der Waals surface area contributed by atoms with Crippen molar-refractivity contribution in [1.82, 2.24) is 23.9 Å². The summed E-state index contributed by atoms with van der Waals surface area (Å²) in [6.07, 6.45) is 0. The molecular weight excluding hydrogens is 434 g/mol. The molecule has 5 rings (SSSR count). The van der Waals surface area contributed by atoms with Gasteiger partial charge in [-0.25, -0.2) is 14.5 Å². The van der Waals surface area contributed by atoms with Gasteiger partial charge in [0, 0.05) is 19.7 Å². The molecule has 0 aliphatic carbocycles. The van der Waals surface area contributed by atoms with Crippen LogP contribution in [0.5, 0.6) is 5.75 Å². The van der Waals surface area contributed by atoms with E-state index >= 15 is 0 Å². The van der Waals surface area contributed by atoms with Crippen molar-refractivity contribution in [3.8, 4) is 11.4 Å². The van der Waals surface area contributed by atoms with Gasteiger partial charge >= 0.3 is 5.69 Å². The number of pyridine rings is 1. The number of ketones is 1. The highest BCUT2D eigenvalue weighted by atomic mass is 16.5. The zero-order valence-corrected chi connectivity index (χ0v) is 19.1. The number of rotatable bonds is 4. The Balaban J connectivity index is 1.97. The van der Waals surface area contributed by atoms with Crippen molar-refractivity contribution in [2.24, 2.45) is 14.1 Å². The van der Waals surface area contributed by atoms with Crippen molar-refractivity contribution in [3.63, 3.8) is 0 Å². The lowest BCUT2D eigenvalue weighted by atomic mass is 9.97. The summed E-state index contributed by atoms with van der Waals surface area (Å²) in [5, 5.41) is 5.18. The molecule has 0 bridgehead atoms. The maximum atomic E-state index is 13.9. The molecule has 0 fully saturated rings. The Morgan fingerprint density at radius 3 is 2.21 bits per heavy atom. The predicted octanol–water partition coefficient (Wildman–Crippen LogP) is 2.52. The van der Waals surface area contributed by atoms with Crippen LogP contribution < -0.4 is 16.0 Å². The molecule has 0 spiro atoms. The minimum atomic E-state index is -0.587. The Morgan fingerprint density at radius 1 is 0.882 bits per heavy atom. The fourth-order valence-electron chi connectivity index (χ4n) is 4.18. The number of carbonyl (C=O) groups is 1. The zero-order chi connectivity index (χ0) is 24.1. The van der Waals surface area contributed by atoms with E-state index < -0.39 is 11.2 Å². The number of methoxy groups -OCH3 is 1. The van der Waals surface area contributed by atoms with Crippen LogP contribution in [-0.4, -0.2) is 36.8 Å². The second-order valence-corrected chi connectivity index (χ2v) is 7.98. The number of nitrogens with zero attached hydrogens (tertiary/aromatic N) is 5. The molecule has 0 saturated carbocycles. The van der Waals surface area contributed by atoms with E-state index in [4.69, 9.17) is 4.74 Å². The minimum Gasteiger partial charge on any atom is -0.497 e. The molecule has 34 heavy (non-hydrogen) atoms. The second-order valence-electron chi connectivity index (χ2n) is 7.98. The van der Waals surface area contributed by atoms with Gasteiger partial charge in [-0.05, 0) is 43.3 Å². The van der Waals surface area contributed by atoms with Crippen LogP contribution in [0.2, 0.25) is 0 Å². The molecule has 0 atom stereocenters. The van der Waals surface area contributed by atoms with Crippen molar-refractivity contribution in [3.05, 3.63) is 92.3 Å². The molecule has 3 aromatic heterocycles. The monoisotopic (exact) mass is 455 g/mol. The van der Waals surface area contributed by atoms with Gasteiger partial charge in [-0.2, -0.15) is 5.10 Å². The molecule has 0 unspecified atom stereocenters. The first-order valence-corrected chi connectivity index (χ1v) is 10.6. The number of ether oxygens (including phenoxy) is 1. The molecule has 2 aromatic carbocycles. The number of hydrogen-bond donors (Lipinski definition) is 0. The third-order valence-electron chi connectivity index (χ3n) is 5.96. The molecule has 170 valence electrons. The van der Waals surface area contributed by atoms with Gasteiger partial charge in [0.15, 0.2) is 17.1 Å². The average Bonchev–Trinajstić information content (AvgIpc) is 3.21. The number of aromatic nitrogens is 5. The number of aryl methyl sites for hydroxylation is 2. The van der Waals surface area contributed by atoms with Crippen molar-refractivity contribution < 1.29 is 9.53 Å². The lowest BCUT2D eigenvalue weighted by Gasteiger charge is -2.12. The average molecular weight is 455 g/mol. The minimum absolute atomic E-state index is 0.0774. The fraction of sp³-hybridized carbons (Fsp3) is 0.160. The maximum absolute atomic E-state index is 13.9. The molecule has 9 heteroatoms. The molecule has 5 aromatic rings. The molecule has 0 N–H and O–H groups in total. The topological polar surface area (TPSA) is 101 Å². The summed E-state index contributed by atoms with van der Waals surface area (Å²) in [7, 11) is 4.46. The Hall–Kier alpha value is -4.53. The van der Waals surface area contributed by atoms with Crippen LogP contribution in [0.4, 0.5) is 0 Å². The predicted molar refractivity (Wildman–Crippen MR) is 128 cm³/mol. The van der Waals surface area contributed by atoms with E-state index in [0.29, 0.717) is 28.0 Å². The van der Waals surface area contributed by atoms with E-state index in [1.54, 1.807) is 43.0 Å². The summed E-state index contributed by atoms with van der Waals surface area (Å²) in [5.74, 6) is 0.235. The highest BCUT2D eigenvalue weighted by Crippen LogP contribution is 2.30. The lowest BCUT2D eigenvalue weighted by molar-refractivity contribution is 0.104. The molecule has 0 radical (unpaired) electrons. The molecule has 0 aliphatic heterocycles. The van der Waals surface area contributed by atoms with Crippen molar-refractivity contribution in [2.45, 2.75) is 6.92 Å². The summed E-state index contributed by atoms with van der Waals surface area (Å²) < 4.78 is 9.09. The summed E-state index contributed by atoms with van der Waals surface area (Å²) in [5.41, 5.74) is 1.21. The summed E-state index contributed by atoms with van der Waals surface area (Å²) in [4.78, 5) is 44.6. The number of benzene rings is 2. The number of para-hydroxylation sites is 1. The fourth-order valence-corrected chi connectivity index (χ4v) is 4.18. The molecule has 3 heterocycles. The van der Waals surface area contributed by atoms with Gasteiger partial charge in [-0.15, -0.1) is 0 Å². The normalized spacial score (nSPS) is 11.3. The van der Waals surface area contributed by atoms with E-state index in [1.165, 1.54) is 18.7 Å². The van der Waals surface area contributed by atoms with Gasteiger partial charge in [-0.3, -0.25) is 18.7 Å². The zero-order valence-electron chi connectivity index (χ0n) is 19.1. The number of fused-ring (bicyclic) bond motifs is 2. The van der Waals surface area contributed by atoms with Gasteiger partial charge in [0.25, 0.3) is 5.56 Å². The van der Waals surface area contributed by atoms with Crippen LogP contribution in [-0.2, 0) is 14.1 Å². The van der Waals surface area contributed by atoms with E-state index in [-0.39, 0.29) is 22.4 Å². The van der Waals surface area contributed by atoms with E-state index in [0.717, 1.165) is 10.3 Å². The molecule has 0 aliphatic rings. The summed E-state index contributed by atoms with van der Waals surface area (Å²) >= 11 is 0. The van der Waals surface area contributed by atoms with Gasteiger partial charge < -0.3 is 4.74 Å². The SMILES string of the molecule is COc1ccc(C(=O)c2c3c(C)nn(-c4ccccc4)c3nc3c2c(=O)n(C)c(=O)n3C)cc1. The smallest absolute Gasteiger partial charge is 0.332 e. The van der Waals surface area contributed by atoms with E-state index in [2.05, 4.69) is 10.1 Å². The van der Waals surface area contributed by atoms with Crippen LogP contribution in [0.25, 0.3) is 27.8 Å². The summed E-state index contributed by atoms with van der Waals surface area (Å²) in [6, 6.07) is 16.0. The highest BCUT2D eigenvalue weighted by Gasteiger charge is 2.27. The van der Waals surface area contributed by atoms with Crippen LogP contribution in [0.15, 0.2) is 64.2 Å². The quantitative estimate of drug-likeness (QED) is 0.386. The van der Waals surface area contributed by atoms with E-state index in [1.807, 2.05) is 30.3 Å². The highest BCUT2D eigenvalue weighted by molar-refractivity contribution is 6.23. The Morgan fingerprint density at radius 2 is 1.56 bits per heavy atom. The van der Waals surface area contributed by atoms with Gasteiger partial charge in [0.1, 0.15) is 5.75 Å². The standard InChI is InChI=1S/C25H21N5O4/c1-14-18-19(21(31)15-10-12-17(34-4)13-11-15)20-22(28(2)25(33)29(3)24(20)32)26-23(18)30(27-14)16-8-6-5-7-9-16/h5-13H,1-4H3. The first kappa shape index (κ1) is 21.3. The Kier molecular flexibility index (Phi) is 4.89. The van der Waals surface area contributed by atoms with Crippen molar-refractivity contribution in [2.75, 3.05) is 7.11 Å². The van der Waals surface area contributed by atoms with Crippen LogP contribution in [0.1, 0.15) is 21.6 Å². The van der Waals surface area contributed by atoms with Gasteiger partial charge in [0.2, 0.25) is 0 Å². The third-order valence-corrected chi connectivity index (χ3v) is 5.96.